The first kappa shape index (κ1) is 22.5. The number of hydrogen-bond donors (Lipinski definition) is 1. The molecule has 0 saturated carbocycles. The average Bonchev–Trinajstić information content (AvgIpc) is 2.59. The van der Waals surface area contributed by atoms with Crippen molar-refractivity contribution >= 4 is 50.5 Å². The Morgan fingerprint density at radius 2 is 1.57 bits per heavy atom. The lowest BCUT2D eigenvalue weighted by atomic mass is 10.0. The van der Waals surface area contributed by atoms with Crippen LogP contribution in [0.4, 0.5) is 11.4 Å². The van der Waals surface area contributed by atoms with Crippen LogP contribution in [0.15, 0.2) is 36.4 Å². The number of sulfonamides is 1. The zero-order chi connectivity index (χ0) is 21.1. The van der Waals surface area contributed by atoms with Crippen molar-refractivity contribution in [3.05, 3.63) is 57.6 Å². The maximum absolute atomic E-state index is 13.0. The molecule has 0 unspecified atom stereocenters. The first-order valence-electron chi connectivity index (χ1n) is 8.95. The van der Waals surface area contributed by atoms with Crippen LogP contribution >= 0.6 is 23.2 Å². The Balaban J connectivity index is 2.44. The van der Waals surface area contributed by atoms with Crippen molar-refractivity contribution in [2.24, 2.45) is 0 Å². The fourth-order valence-corrected chi connectivity index (χ4v) is 4.78. The van der Waals surface area contributed by atoms with Gasteiger partial charge in [-0.3, -0.25) is 9.10 Å². The van der Waals surface area contributed by atoms with E-state index in [1.165, 1.54) is 25.1 Å². The van der Waals surface area contributed by atoms with E-state index in [2.05, 4.69) is 5.32 Å². The monoisotopic (exact) mass is 442 g/mol. The normalized spacial score (nSPS) is 12.5. The van der Waals surface area contributed by atoms with Crippen LogP contribution in [0.2, 0.25) is 10.0 Å². The van der Waals surface area contributed by atoms with Gasteiger partial charge in [0, 0.05) is 15.7 Å². The van der Waals surface area contributed by atoms with Gasteiger partial charge in [-0.25, -0.2) is 8.42 Å². The van der Waals surface area contributed by atoms with E-state index in [4.69, 9.17) is 23.2 Å². The van der Waals surface area contributed by atoms with Crippen LogP contribution in [0, 0.1) is 0 Å². The molecule has 0 heterocycles. The highest BCUT2D eigenvalue weighted by molar-refractivity contribution is 7.92. The molecule has 152 valence electrons. The van der Waals surface area contributed by atoms with Crippen LogP contribution in [-0.2, 0) is 27.7 Å². The maximum Gasteiger partial charge on any atom is 0.248 e. The van der Waals surface area contributed by atoms with Crippen LogP contribution < -0.4 is 9.62 Å². The van der Waals surface area contributed by atoms with Gasteiger partial charge in [-0.1, -0.05) is 55.2 Å². The minimum atomic E-state index is -3.76. The molecule has 2 rings (SSSR count). The number of aryl methyl sites for hydroxylation is 2. The van der Waals surface area contributed by atoms with E-state index in [9.17, 15) is 13.2 Å². The van der Waals surface area contributed by atoms with Crippen LogP contribution in [0.5, 0.6) is 0 Å². The zero-order valence-corrected chi connectivity index (χ0v) is 18.6. The first-order chi connectivity index (χ1) is 13.1. The van der Waals surface area contributed by atoms with E-state index in [-0.39, 0.29) is 15.7 Å². The van der Waals surface area contributed by atoms with Crippen molar-refractivity contribution < 1.29 is 13.2 Å². The quantitative estimate of drug-likeness (QED) is 0.661. The number of rotatable bonds is 7. The molecule has 0 fully saturated rings. The molecule has 0 aliphatic carbocycles. The molecule has 2 aromatic rings. The number of benzene rings is 2. The molecule has 1 atom stereocenters. The molecule has 0 aliphatic rings. The molecular formula is C20H24Cl2N2O3S. The summed E-state index contributed by atoms with van der Waals surface area (Å²) < 4.78 is 25.9. The Morgan fingerprint density at radius 3 is 2.00 bits per heavy atom. The molecule has 28 heavy (non-hydrogen) atoms. The number of anilines is 2. The molecule has 8 heteroatoms. The van der Waals surface area contributed by atoms with E-state index < -0.39 is 22.0 Å². The third-order valence-corrected chi connectivity index (χ3v) is 6.12. The predicted octanol–water partition coefficient (Wildman–Crippen LogP) is 4.91. The second-order valence-corrected chi connectivity index (χ2v) is 9.24. The van der Waals surface area contributed by atoms with Gasteiger partial charge in [0.05, 0.1) is 11.9 Å². The Bertz CT molecular complexity index is 935. The van der Waals surface area contributed by atoms with Gasteiger partial charge in [-0.2, -0.15) is 0 Å². The number of para-hydroxylation sites is 1. The summed E-state index contributed by atoms with van der Waals surface area (Å²) in [5.41, 5.74) is 2.97. The van der Waals surface area contributed by atoms with Gasteiger partial charge in [-0.05, 0) is 49.1 Å². The van der Waals surface area contributed by atoms with Crippen LogP contribution in [0.1, 0.15) is 31.9 Å². The lowest BCUT2D eigenvalue weighted by Crippen LogP contribution is -2.45. The number of halogens is 2. The molecule has 0 bridgehead atoms. The van der Waals surface area contributed by atoms with Gasteiger partial charge >= 0.3 is 0 Å². The minimum Gasteiger partial charge on any atom is -0.324 e. The summed E-state index contributed by atoms with van der Waals surface area (Å²) in [7, 11) is -3.76. The molecule has 1 amide bonds. The summed E-state index contributed by atoms with van der Waals surface area (Å²) >= 11 is 12.1. The summed E-state index contributed by atoms with van der Waals surface area (Å²) in [5.74, 6) is -0.433. The highest BCUT2D eigenvalue weighted by Crippen LogP contribution is 2.29. The van der Waals surface area contributed by atoms with Gasteiger partial charge in [-0.15, -0.1) is 0 Å². The van der Waals surface area contributed by atoms with Crippen LogP contribution in [0.3, 0.4) is 0 Å². The van der Waals surface area contributed by atoms with Crippen molar-refractivity contribution in [1.82, 2.24) is 0 Å². The van der Waals surface area contributed by atoms with Gasteiger partial charge in [0.2, 0.25) is 15.9 Å². The van der Waals surface area contributed by atoms with Gasteiger partial charge in [0.15, 0.2) is 0 Å². The highest BCUT2D eigenvalue weighted by atomic mass is 35.5. The predicted molar refractivity (Wildman–Crippen MR) is 117 cm³/mol. The average molecular weight is 443 g/mol. The number of hydrogen-bond acceptors (Lipinski definition) is 3. The Hall–Kier alpha value is -1.76. The van der Waals surface area contributed by atoms with Gasteiger partial charge in [0.25, 0.3) is 0 Å². The Kier molecular flexibility index (Phi) is 7.37. The van der Waals surface area contributed by atoms with Crippen LogP contribution in [0.25, 0.3) is 0 Å². The smallest absolute Gasteiger partial charge is 0.248 e. The lowest BCUT2D eigenvalue weighted by molar-refractivity contribution is -0.116. The molecule has 0 aliphatic heterocycles. The molecule has 0 radical (unpaired) electrons. The SMILES string of the molecule is CCc1cccc(CC)c1NC(=O)[C@@H](C)N(c1cc(Cl)cc(Cl)c1)S(C)(=O)=O. The standard InChI is InChI=1S/C20H24Cl2N2O3S/c1-5-14-8-7-9-15(6-2)19(14)23-20(25)13(3)24(28(4,26)27)18-11-16(21)10-17(22)12-18/h7-13H,5-6H2,1-4H3,(H,23,25)/t13-/m1/s1. The second kappa shape index (κ2) is 9.16. The summed E-state index contributed by atoms with van der Waals surface area (Å²) in [6, 6.07) is 9.29. The number of nitrogens with one attached hydrogen (secondary N) is 1. The summed E-state index contributed by atoms with van der Waals surface area (Å²) in [6.07, 6.45) is 2.54. The fourth-order valence-electron chi connectivity index (χ4n) is 3.11. The van der Waals surface area contributed by atoms with Crippen molar-refractivity contribution in [1.29, 1.82) is 0 Å². The fraction of sp³-hybridized carbons (Fsp3) is 0.350. The summed E-state index contributed by atoms with van der Waals surface area (Å²) in [5, 5.41) is 3.49. The lowest BCUT2D eigenvalue weighted by Gasteiger charge is -2.29. The van der Waals surface area contributed by atoms with Crippen molar-refractivity contribution in [3.63, 3.8) is 0 Å². The topological polar surface area (TPSA) is 66.5 Å². The highest BCUT2D eigenvalue weighted by Gasteiger charge is 2.30. The van der Waals surface area contributed by atoms with E-state index >= 15 is 0 Å². The van der Waals surface area contributed by atoms with Crippen molar-refractivity contribution in [2.75, 3.05) is 15.9 Å². The molecule has 1 N–H and O–H groups in total. The van der Waals surface area contributed by atoms with E-state index in [0.29, 0.717) is 0 Å². The third-order valence-electron chi connectivity index (χ3n) is 4.44. The summed E-state index contributed by atoms with van der Waals surface area (Å²) in [4.78, 5) is 13.0. The molecule has 2 aromatic carbocycles. The minimum absolute atomic E-state index is 0.238. The number of nitrogens with zero attached hydrogens (tertiary/aromatic N) is 1. The van der Waals surface area contributed by atoms with Crippen molar-refractivity contribution in [3.8, 4) is 0 Å². The van der Waals surface area contributed by atoms with Gasteiger partial charge in [0.1, 0.15) is 6.04 Å². The largest absolute Gasteiger partial charge is 0.324 e. The molecule has 0 saturated heterocycles. The number of amides is 1. The number of carbonyl (C=O) groups excluding carboxylic acids is 1. The molecule has 5 nitrogen and oxygen atoms in total. The third kappa shape index (κ3) is 5.19. The summed E-state index contributed by atoms with van der Waals surface area (Å²) in [6.45, 7) is 5.54. The zero-order valence-electron chi connectivity index (χ0n) is 16.3. The number of carbonyl (C=O) groups is 1. The van der Waals surface area contributed by atoms with Crippen LogP contribution in [-0.4, -0.2) is 26.6 Å². The first-order valence-corrected chi connectivity index (χ1v) is 11.6. The molecular weight excluding hydrogens is 419 g/mol. The molecule has 0 spiro atoms. The molecule has 0 aromatic heterocycles. The second-order valence-electron chi connectivity index (χ2n) is 6.51. The Morgan fingerprint density at radius 1 is 1.07 bits per heavy atom. The maximum atomic E-state index is 13.0. The van der Waals surface area contributed by atoms with Gasteiger partial charge < -0.3 is 5.32 Å². The van der Waals surface area contributed by atoms with E-state index in [1.54, 1.807) is 0 Å². The van der Waals surface area contributed by atoms with E-state index in [0.717, 1.165) is 40.2 Å². The Labute approximate surface area is 176 Å². The van der Waals surface area contributed by atoms with Crippen molar-refractivity contribution in [2.45, 2.75) is 39.7 Å². The van der Waals surface area contributed by atoms with E-state index in [1.807, 2.05) is 32.0 Å².